The zero-order valence-corrected chi connectivity index (χ0v) is 8.11. The van der Waals surface area contributed by atoms with Crippen LogP contribution in [0, 0.1) is 0 Å². The molecule has 1 heterocycles. The summed E-state index contributed by atoms with van der Waals surface area (Å²) in [6, 6.07) is -0.273. The van der Waals surface area contributed by atoms with E-state index in [-0.39, 0.29) is 13.0 Å². The summed E-state index contributed by atoms with van der Waals surface area (Å²) < 4.78 is 37.4. The first kappa shape index (κ1) is 12.5. The number of hydrogen-bond acceptors (Lipinski definition) is 3. The molecule has 1 aromatic heterocycles. The van der Waals surface area contributed by atoms with Gasteiger partial charge in [0.1, 0.15) is 6.04 Å². The highest BCUT2D eigenvalue weighted by atomic mass is 19.4. The van der Waals surface area contributed by atoms with Crippen molar-refractivity contribution in [3.05, 3.63) is 18.0 Å². The zero-order chi connectivity index (χ0) is 12.3. The standard InChI is InChI=1S/C8H10F3N3O2/c9-8(10,11)6-2-4-14(13-6)3-1-5(12)7(15)16/h2,4-5H,1,3,12H2,(H,15,16). The Hall–Kier alpha value is -1.57. The third kappa shape index (κ3) is 3.23. The maximum atomic E-state index is 12.1. The number of rotatable bonds is 4. The molecule has 0 amide bonds. The molecule has 0 fully saturated rings. The Morgan fingerprint density at radius 1 is 1.62 bits per heavy atom. The zero-order valence-electron chi connectivity index (χ0n) is 8.11. The number of nitrogens with two attached hydrogens (primary N) is 1. The number of halogens is 3. The van der Waals surface area contributed by atoms with Crippen LogP contribution in [0.4, 0.5) is 13.2 Å². The number of hydrogen-bond donors (Lipinski definition) is 2. The number of carboxylic acids is 1. The number of alkyl halides is 3. The minimum absolute atomic E-state index is 0.0221. The van der Waals surface area contributed by atoms with Crippen LogP contribution in [0.2, 0.25) is 0 Å². The van der Waals surface area contributed by atoms with Gasteiger partial charge in [-0.15, -0.1) is 0 Å². The maximum absolute atomic E-state index is 12.1. The van der Waals surface area contributed by atoms with Crippen LogP contribution in [0.15, 0.2) is 12.3 Å². The number of carbonyl (C=O) groups is 1. The number of aromatic nitrogens is 2. The normalized spacial score (nSPS) is 13.8. The van der Waals surface area contributed by atoms with Crippen molar-refractivity contribution in [1.29, 1.82) is 0 Å². The molecule has 0 bridgehead atoms. The number of carboxylic acid groups (broad SMARTS) is 1. The molecule has 0 aliphatic carbocycles. The first-order valence-corrected chi connectivity index (χ1v) is 4.39. The van der Waals surface area contributed by atoms with Crippen molar-refractivity contribution < 1.29 is 23.1 Å². The van der Waals surface area contributed by atoms with Crippen LogP contribution in [0.5, 0.6) is 0 Å². The van der Waals surface area contributed by atoms with Crippen molar-refractivity contribution >= 4 is 5.97 Å². The minimum atomic E-state index is -4.49. The van der Waals surface area contributed by atoms with Crippen molar-refractivity contribution in [2.45, 2.75) is 25.2 Å². The van der Waals surface area contributed by atoms with Gasteiger partial charge in [-0.2, -0.15) is 18.3 Å². The molecule has 0 radical (unpaired) electrons. The highest BCUT2D eigenvalue weighted by Gasteiger charge is 2.33. The van der Waals surface area contributed by atoms with Gasteiger partial charge in [0.15, 0.2) is 5.69 Å². The van der Waals surface area contributed by atoms with Crippen molar-refractivity contribution in [3.63, 3.8) is 0 Å². The quantitative estimate of drug-likeness (QED) is 0.807. The third-order valence-electron chi connectivity index (χ3n) is 1.92. The molecule has 1 aromatic rings. The summed E-state index contributed by atoms with van der Waals surface area (Å²) in [4.78, 5) is 10.4. The molecule has 0 spiro atoms. The van der Waals surface area contributed by atoms with Crippen molar-refractivity contribution in [2.24, 2.45) is 5.73 Å². The first-order valence-electron chi connectivity index (χ1n) is 4.39. The Morgan fingerprint density at radius 3 is 2.69 bits per heavy atom. The second-order valence-corrected chi connectivity index (χ2v) is 3.20. The second kappa shape index (κ2) is 4.52. The maximum Gasteiger partial charge on any atom is 0.435 e. The molecule has 90 valence electrons. The molecule has 16 heavy (non-hydrogen) atoms. The number of aliphatic carboxylic acids is 1. The van der Waals surface area contributed by atoms with Crippen LogP contribution in [0.25, 0.3) is 0 Å². The summed E-state index contributed by atoms with van der Waals surface area (Å²) in [5, 5.41) is 11.7. The van der Waals surface area contributed by atoms with Crippen molar-refractivity contribution in [3.8, 4) is 0 Å². The fourth-order valence-corrected chi connectivity index (χ4v) is 1.03. The Balaban J connectivity index is 2.57. The van der Waals surface area contributed by atoms with Crippen LogP contribution >= 0.6 is 0 Å². The smallest absolute Gasteiger partial charge is 0.435 e. The lowest BCUT2D eigenvalue weighted by molar-refractivity contribution is -0.142. The Morgan fingerprint density at radius 2 is 2.25 bits per heavy atom. The van der Waals surface area contributed by atoms with E-state index in [1.54, 1.807) is 0 Å². The summed E-state index contributed by atoms with van der Waals surface area (Å²) in [6.45, 7) is 0.0313. The van der Waals surface area contributed by atoms with Gasteiger partial charge in [-0.1, -0.05) is 0 Å². The second-order valence-electron chi connectivity index (χ2n) is 3.20. The number of aryl methyl sites for hydroxylation is 1. The predicted octanol–water partition coefficient (Wildman–Crippen LogP) is 0.704. The van der Waals surface area contributed by atoms with Gasteiger partial charge in [-0.05, 0) is 12.5 Å². The molecule has 0 aliphatic heterocycles. The molecule has 1 unspecified atom stereocenters. The first-order chi connectivity index (χ1) is 7.30. The lowest BCUT2D eigenvalue weighted by Gasteiger charge is -2.06. The highest BCUT2D eigenvalue weighted by molar-refractivity contribution is 5.72. The fourth-order valence-electron chi connectivity index (χ4n) is 1.03. The SMILES string of the molecule is NC(CCn1ccc(C(F)(F)F)n1)C(=O)O. The predicted molar refractivity (Wildman–Crippen MR) is 47.5 cm³/mol. The molecule has 1 rings (SSSR count). The van der Waals surface area contributed by atoms with Crippen LogP contribution in [-0.2, 0) is 17.5 Å². The van der Waals surface area contributed by atoms with E-state index >= 15 is 0 Å². The lowest BCUT2D eigenvalue weighted by Crippen LogP contribution is -2.31. The monoisotopic (exact) mass is 237 g/mol. The van der Waals surface area contributed by atoms with Gasteiger partial charge in [0.25, 0.3) is 0 Å². The van der Waals surface area contributed by atoms with E-state index in [1.807, 2.05) is 0 Å². The Bertz CT molecular complexity index is 375. The molecular formula is C8H10F3N3O2. The van der Waals surface area contributed by atoms with E-state index in [2.05, 4.69) is 5.10 Å². The van der Waals surface area contributed by atoms with E-state index in [0.717, 1.165) is 16.9 Å². The van der Waals surface area contributed by atoms with Gasteiger partial charge in [0, 0.05) is 12.7 Å². The number of nitrogens with zero attached hydrogens (tertiary/aromatic N) is 2. The Labute approximate surface area is 88.7 Å². The van der Waals surface area contributed by atoms with Gasteiger partial charge >= 0.3 is 12.1 Å². The van der Waals surface area contributed by atoms with E-state index in [4.69, 9.17) is 10.8 Å². The van der Waals surface area contributed by atoms with Gasteiger partial charge in [0.2, 0.25) is 0 Å². The van der Waals surface area contributed by atoms with Gasteiger partial charge < -0.3 is 10.8 Å². The largest absolute Gasteiger partial charge is 0.480 e. The molecule has 0 aliphatic rings. The summed E-state index contributed by atoms with van der Waals surface area (Å²) in [5.74, 6) is -1.19. The molecule has 3 N–H and O–H groups in total. The molecule has 1 atom stereocenters. The minimum Gasteiger partial charge on any atom is -0.480 e. The van der Waals surface area contributed by atoms with Gasteiger partial charge in [0.05, 0.1) is 0 Å². The van der Waals surface area contributed by atoms with E-state index in [1.165, 1.54) is 0 Å². The summed E-state index contributed by atoms with van der Waals surface area (Å²) in [7, 11) is 0. The van der Waals surface area contributed by atoms with Crippen LogP contribution in [0.1, 0.15) is 12.1 Å². The summed E-state index contributed by atoms with van der Waals surface area (Å²) >= 11 is 0. The molecule has 5 nitrogen and oxygen atoms in total. The molecule has 8 heteroatoms. The topological polar surface area (TPSA) is 81.1 Å². The Kier molecular flexibility index (Phi) is 3.53. The average molecular weight is 237 g/mol. The average Bonchev–Trinajstić information content (AvgIpc) is 2.61. The molecular weight excluding hydrogens is 227 g/mol. The van der Waals surface area contributed by atoms with Crippen molar-refractivity contribution in [1.82, 2.24) is 9.78 Å². The van der Waals surface area contributed by atoms with E-state index < -0.39 is 23.9 Å². The highest BCUT2D eigenvalue weighted by Crippen LogP contribution is 2.27. The van der Waals surface area contributed by atoms with Crippen molar-refractivity contribution in [2.75, 3.05) is 0 Å². The van der Waals surface area contributed by atoms with Gasteiger partial charge in [-0.3, -0.25) is 9.48 Å². The molecule has 0 saturated heterocycles. The van der Waals surface area contributed by atoms with E-state index in [9.17, 15) is 18.0 Å². The summed E-state index contributed by atoms with van der Waals surface area (Å²) in [5.41, 5.74) is 4.19. The van der Waals surface area contributed by atoms with E-state index in [0.29, 0.717) is 0 Å². The summed E-state index contributed by atoms with van der Waals surface area (Å²) in [6.07, 6.45) is -3.33. The third-order valence-corrected chi connectivity index (χ3v) is 1.92. The van der Waals surface area contributed by atoms with Crippen LogP contribution in [0.3, 0.4) is 0 Å². The molecule has 0 saturated carbocycles. The van der Waals surface area contributed by atoms with Crippen LogP contribution < -0.4 is 5.73 Å². The molecule has 0 aromatic carbocycles. The van der Waals surface area contributed by atoms with Gasteiger partial charge in [-0.25, -0.2) is 0 Å². The lowest BCUT2D eigenvalue weighted by atomic mass is 10.2. The van der Waals surface area contributed by atoms with Crippen LogP contribution in [-0.4, -0.2) is 26.9 Å². The fraction of sp³-hybridized carbons (Fsp3) is 0.500.